The SMILES string of the molecule is CC(C)CC(=O)O.CC(C)CC(=O)[O-].[K+]. The monoisotopic (exact) mass is 242 g/mol. The molecule has 0 unspecified atom stereocenters. The largest absolute Gasteiger partial charge is 1.00 e. The average molecular weight is 242 g/mol. The average Bonchev–Trinajstić information content (AvgIpc) is 1.79. The van der Waals surface area contributed by atoms with Crippen molar-refractivity contribution in [3.05, 3.63) is 0 Å². The first-order valence-corrected chi connectivity index (χ1v) is 4.67. The topological polar surface area (TPSA) is 77.4 Å². The van der Waals surface area contributed by atoms with Gasteiger partial charge in [-0.3, -0.25) is 4.79 Å². The van der Waals surface area contributed by atoms with Crippen molar-refractivity contribution in [2.24, 2.45) is 11.8 Å². The zero-order valence-corrected chi connectivity index (χ0v) is 13.4. The molecule has 0 aromatic heterocycles. The molecular weight excluding hydrogens is 223 g/mol. The Morgan fingerprint density at radius 2 is 1.40 bits per heavy atom. The molecule has 0 bridgehead atoms. The van der Waals surface area contributed by atoms with E-state index in [2.05, 4.69) is 0 Å². The number of carbonyl (C=O) groups is 2. The molecule has 0 radical (unpaired) electrons. The van der Waals surface area contributed by atoms with Gasteiger partial charge in [0.25, 0.3) is 0 Å². The van der Waals surface area contributed by atoms with Gasteiger partial charge in [-0.15, -0.1) is 0 Å². The molecule has 0 aromatic carbocycles. The van der Waals surface area contributed by atoms with Gasteiger partial charge in [0.15, 0.2) is 0 Å². The quantitative estimate of drug-likeness (QED) is 0.573. The standard InChI is InChI=1S/2C5H10O2.K/c2*1-4(2)3-5(6)7;/h2*4H,3H2,1-2H3,(H,6,7);/q;;+1/p-1. The van der Waals surface area contributed by atoms with Crippen molar-refractivity contribution >= 4 is 11.9 Å². The van der Waals surface area contributed by atoms with Gasteiger partial charge in [0, 0.05) is 12.4 Å². The third-order valence-corrected chi connectivity index (χ3v) is 1.16. The van der Waals surface area contributed by atoms with E-state index in [0.717, 1.165) is 0 Å². The molecule has 0 aliphatic rings. The van der Waals surface area contributed by atoms with Crippen LogP contribution in [0, 0.1) is 11.8 Å². The Morgan fingerprint density at radius 1 is 1.07 bits per heavy atom. The summed E-state index contributed by atoms with van der Waals surface area (Å²) < 4.78 is 0. The molecule has 0 saturated carbocycles. The van der Waals surface area contributed by atoms with Crippen molar-refractivity contribution in [2.45, 2.75) is 40.5 Å². The van der Waals surface area contributed by atoms with E-state index in [-0.39, 0.29) is 76.1 Å². The van der Waals surface area contributed by atoms with E-state index < -0.39 is 11.9 Å². The normalized spacial score (nSPS) is 8.93. The van der Waals surface area contributed by atoms with Crippen LogP contribution in [0.25, 0.3) is 0 Å². The molecule has 0 aliphatic carbocycles. The molecule has 0 atom stereocenters. The molecule has 0 heterocycles. The first kappa shape index (κ1) is 20.9. The predicted molar refractivity (Wildman–Crippen MR) is 51.6 cm³/mol. The van der Waals surface area contributed by atoms with Gasteiger partial charge >= 0.3 is 57.4 Å². The summed E-state index contributed by atoms with van der Waals surface area (Å²) in [5.41, 5.74) is 0. The van der Waals surface area contributed by atoms with Crippen LogP contribution < -0.4 is 56.5 Å². The number of carboxylic acids is 2. The summed E-state index contributed by atoms with van der Waals surface area (Å²) in [6, 6.07) is 0. The van der Waals surface area contributed by atoms with Gasteiger partial charge < -0.3 is 15.0 Å². The van der Waals surface area contributed by atoms with Gasteiger partial charge in [-0.25, -0.2) is 0 Å². The molecule has 0 rings (SSSR count). The van der Waals surface area contributed by atoms with Gasteiger partial charge in [0.05, 0.1) is 0 Å². The van der Waals surface area contributed by atoms with Crippen molar-refractivity contribution < 1.29 is 71.2 Å². The van der Waals surface area contributed by atoms with Crippen molar-refractivity contribution in [1.29, 1.82) is 0 Å². The van der Waals surface area contributed by atoms with Crippen LogP contribution in [0.1, 0.15) is 40.5 Å². The van der Waals surface area contributed by atoms with E-state index in [9.17, 15) is 14.7 Å². The molecule has 0 fully saturated rings. The summed E-state index contributed by atoms with van der Waals surface area (Å²) in [7, 11) is 0. The minimum absolute atomic E-state index is 0. The molecule has 0 aromatic rings. The van der Waals surface area contributed by atoms with Crippen molar-refractivity contribution in [2.75, 3.05) is 0 Å². The summed E-state index contributed by atoms with van der Waals surface area (Å²) in [5.74, 6) is -1.19. The Balaban J connectivity index is -0.000000180. The molecule has 0 saturated heterocycles. The molecule has 84 valence electrons. The van der Waals surface area contributed by atoms with Crippen LogP contribution in [0.5, 0.6) is 0 Å². The molecule has 15 heavy (non-hydrogen) atoms. The van der Waals surface area contributed by atoms with Crippen LogP contribution in [-0.2, 0) is 9.59 Å². The number of hydrogen-bond acceptors (Lipinski definition) is 3. The van der Waals surface area contributed by atoms with Gasteiger partial charge in [-0.1, -0.05) is 27.7 Å². The zero-order valence-electron chi connectivity index (χ0n) is 10.2. The number of carbonyl (C=O) groups excluding carboxylic acids is 1. The Hall–Kier alpha value is 0.576. The minimum Gasteiger partial charge on any atom is -0.550 e. The van der Waals surface area contributed by atoms with E-state index in [1.807, 2.05) is 27.7 Å². The molecule has 4 nitrogen and oxygen atoms in total. The maximum atomic E-state index is 9.81. The first-order valence-electron chi connectivity index (χ1n) is 4.67. The van der Waals surface area contributed by atoms with Crippen LogP contribution >= 0.6 is 0 Å². The molecule has 1 N–H and O–H groups in total. The fourth-order valence-corrected chi connectivity index (χ4v) is 0.683. The number of hydrogen-bond donors (Lipinski definition) is 1. The zero-order chi connectivity index (χ0) is 11.7. The van der Waals surface area contributed by atoms with E-state index >= 15 is 0 Å². The second-order valence-corrected chi connectivity index (χ2v) is 3.96. The Labute approximate surface area is 134 Å². The summed E-state index contributed by atoms with van der Waals surface area (Å²) in [4.78, 5) is 19.5. The third kappa shape index (κ3) is 31.3. The fourth-order valence-electron chi connectivity index (χ4n) is 0.683. The van der Waals surface area contributed by atoms with E-state index in [1.54, 1.807) is 0 Å². The van der Waals surface area contributed by atoms with Gasteiger partial charge in [-0.2, -0.15) is 0 Å². The number of aliphatic carboxylic acids is 2. The summed E-state index contributed by atoms with van der Waals surface area (Å²) in [6.45, 7) is 7.45. The second-order valence-electron chi connectivity index (χ2n) is 3.96. The smallest absolute Gasteiger partial charge is 0.550 e. The molecule has 0 aliphatic heterocycles. The van der Waals surface area contributed by atoms with Gasteiger partial charge in [0.2, 0.25) is 0 Å². The van der Waals surface area contributed by atoms with Crippen LogP contribution in [0.3, 0.4) is 0 Å². The molecule has 5 heteroatoms. The Kier molecular flexibility index (Phi) is 17.6. The number of rotatable bonds is 4. The van der Waals surface area contributed by atoms with Gasteiger partial charge in [0.1, 0.15) is 0 Å². The Morgan fingerprint density at radius 3 is 1.40 bits per heavy atom. The predicted octanol–water partition coefficient (Wildman–Crippen LogP) is -2.10. The van der Waals surface area contributed by atoms with Crippen molar-refractivity contribution in [3.63, 3.8) is 0 Å². The summed E-state index contributed by atoms with van der Waals surface area (Å²) >= 11 is 0. The van der Waals surface area contributed by atoms with E-state index in [4.69, 9.17) is 5.11 Å². The second kappa shape index (κ2) is 12.6. The third-order valence-electron chi connectivity index (χ3n) is 1.16. The van der Waals surface area contributed by atoms with Crippen LogP contribution in [0.2, 0.25) is 0 Å². The van der Waals surface area contributed by atoms with Gasteiger partial charge in [-0.05, 0) is 18.3 Å². The van der Waals surface area contributed by atoms with Crippen molar-refractivity contribution in [1.82, 2.24) is 0 Å². The van der Waals surface area contributed by atoms with E-state index in [0.29, 0.717) is 0 Å². The fraction of sp³-hybridized carbons (Fsp3) is 0.800. The van der Waals surface area contributed by atoms with Crippen molar-refractivity contribution in [3.8, 4) is 0 Å². The Bertz CT molecular complexity index is 158. The van der Waals surface area contributed by atoms with Crippen LogP contribution in [0.15, 0.2) is 0 Å². The molecule has 0 amide bonds. The molecular formula is C10H19KO4. The van der Waals surface area contributed by atoms with Crippen LogP contribution in [-0.4, -0.2) is 17.0 Å². The maximum Gasteiger partial charge on any atom is 1.00 e. The summed E-state index contributed by atoms with van der Waals surface area (Å²) in [6.07, 6.45) is 0.444. The first-order chi connectivity index (χ1) is 6.25. The van der Waals surface area contributed by atoms with Crippen LogP contribution in [0.4, 0.5) is 0 Å². The molecule has 0 spiro atoms. The van der Waals surface area contributed by atoms with E-state index in [1.165, 1.54) is 0 Å². The number of carboxylic acid groups (broad SMARTS) is 2. The minimum atomic E-state index is -0.963. The maximum absolute atomic E-state index is 9.81. The summed E-state index contributed by atoms with van der Waals surface area (Å²) in [5, 5.41) is 17.8.